The van der Waals surface area contributed by atoms with Crippen molar-refractivity contribution in [1.29, 1.82) is 0 Å². The third-order valence-corrected chi connectivity index (χ3v) is 3.33. The molecule has 0 bridgehead atoms. The van der Waals surface area contributed by atoms with Gasteiger partial charge in [0.15, 0.2) is 0 Å². The van der Waals surface area contributed by atoms with Crippen molar-refractivity contribution in [2.75, 3.05) is 0 Å². The van der Waals surface area contributed by atoms with E-state index >= 15 is 0 Å². The van der Waals surface area contributed by atoms with E-state index in [1.807, 2.05) is 29.2 Å². The number of hydrogen-bond acceptors (Lipinski definition) is 1. The Bertz CT molecular complexity index is 436. The average molecular weight is 241 g/mol. The van der Waals surface area contributed by atoms with E-state index in [0.29, 0.717) is 12.5 Å². The number of amides is 1. The van der Waals surface area contributed by atoms with E-state index in [2.05, 4.69) is 24.8 Å². The first-order valence-corrected chi connectivity index (χ1v) is 6.42. The maximum Gasteiger partial charge on any atom is 0.223 e. The van der Waals surface area contributed by atoms with Crippen LogP contribution in [0.1, 0.15) is 24.8 Å². The molecule has 1 fully saturated rings. The lowest BCUT2D eigenvalue weighted by molar-refractivity contribution is -0.129. The van der Waals surface area contributed by atoms with Crippen LogP contribution in [0.25, 0.3) is 0 Å². The summed E-state index contributed by atoms with van der Waals surface area (Å²) in [5.74, 6) is 0.274. The number of likely N-dealkylation sites (tertiary alicyclic amines) is 1. The molecule has 0 saturated carbocycles. The Morgan fingerprint density at radius 1 is 1.33 bits per heavy atom. The molecule has 2 heteroatoms. The molecule has 94 valence electrons. The maximum absolute atomic E-state index is 11.9. The second kappa shape index (κ2) is 6.20. The van der Waals surface area contributed by atoms with Gasteiger partial charge in [0.1, 0.15) is 0 Å². The summed E-state index contributed by atoms with van der Waals surface area (Å²) in [6.45, 7) is 4.39. The fourth-order valence-corrected chi connectivity index (χ4v) is 2.37. The van der Waals surface area contributed by atoms with Gasteiger partial charge in [-0.3, -0.25) is 4.79 Å². The highest BCUT2D eigenvalue weighted by Gasteiger charge is 2.29. The van der Waals surface area contributed by atoms with Gasteiger partial charge in [-0.2, -0.15) is 0 Å². The highest BCUT2D eigenvalue weighted by atomic mass is 16.2. The fraction of sp³-hybridized carbons (Fsp3) is 0.312. The van der Waals surface area contributed by atoms with Crippen molar-refractivity contribution in [2.45, 2.75) is 31.8 Å². The summed E-state index contributed by atoms with van der Waals surface area (Å²) in [6, 6.07) is 10.5. The minimum atomic E-state index is 0.274. The van der Waals surface area contributed by atoms with Gasteiger partial charge in [-0.1, -0.05) is 55.1 Å². The third kappa shape index (κ3) is 3.10. The molecule has 1 aromatic carbocycles. The van der Waals surface area contributed by atoms with E-state index in [9.17, 15) is 4.79 Å². The van der Waals surface area contributed by atoms with Crippen molar-refractivity contribution in [3.05, 3.63) is 60.7 Å². The van der Waals surface area contributed by atoms with Gasteiger partial charge in [-0.15, -0.1) is 0 Å². The first-order chi connectivity index (χ1) is 8.81. The standard InChI is InChI=1S/C16H19NO/c1-2-3-5-10-15-11-12-16(18)17(15)13-14-8-6-4-7-9-14/h2-9,15H,1,10-13H2/b5-3+. The summed E-state index contributed by atoms with van der Waals surface area (Å²) in [4.78, 5) is 13.9. The molecule has 2 rings (SSSR count). The van der Waals surface area contributed by atoms with Crippen LogP contribution in [0.5, 0.6) is 0 Å². The average Bonchev–Trinajstić information content (AvgIpc) is 2.73. The molecule has 0 aromatic heterocycles. The van der Waals surface area contributed by atoms with Crippen molar-refractivity contribution in [1.82, 2.24) is 4.90 Å². The van der Waals surface area contributed by atoms with E-state index in [1.54, 1.807) is 6.08 Å². The summed E-state index contributed by atoms with van der Waals surface area (Å²) in [5.41, 5.74) is 1.20. The lowest BCUT2D eigenvalue weighted by Crippen LogP contribution is -2.32. The van der Waals surface area contributed by atoms with Crippen LogP contribution in [0.3, 0.4) is 0 Å². The van der Waals surface area contributed by atoms with Crippen LogP contribution < -0.4 is 0 Å². The van der Waals surface area contributed by atoms with Crippen molar-refractivity contribution in [3.8, 4) is 0 Å². The number of carbonyl (C=O) groups is 1. The number of carbonyl (C=O) groups excluding carboxylic acids is 1. The molecule has 1 heterocycles. The second-order valence-electron chi connectivity index (χ2n) is 4.60. The van der Waals surface area contributed by atoms with Gasteiger partial charge >= 0.3 is 0 Å². The molecule has 1 saturated heterocycles. The van der Waals surface area contributed by atoms with E-state index < -0.39 is 0 Å². The predicted molar refractivity (Wildman–Crippen MR) is 74.0 cm³/mol. The molecule has 2 nitrogen and oxygen atoms in total. The first-order valence-electron chi connectivity index (χ1n) is 6.42. The van der Waals surface area contributed by atoms with Gasteiger partial charge in [0.05, 0.1) is 0 Å². The van der Waals surface area contributed by atoms with Gasteiger partial charge in [0.2, 0.25) is 5.91 Å². The van der Waals surface area contributed by atoms with E-state index in [1.165, 1.54) is 5.56 Å². The lowest BCUT2D eigenvalue weighted by atomic mass is 10.1. The van der Waals surface area contributed by atoms with Crippen molar-refractivity contribution >= 4 is 5.91 Å². The summed E-state index contributed by atoms with van der Waals surface area (Å²) >= 11 is 0. The summed E-state index contributed by atoms with van der Waals surface area (Å²) in [5, 5.41) is 0. The van der Waals surface area contributed by atoms with Crippen LogP contribution in [-0.4, -0.2) is 16.8 Å². The third-order valence-electron chi connectivity index (χ3n) is 3.33. The number of allylic oxidation sites excluding steroid dienone is 2. The van der Waals surface area contributed by atoms with Crippen LogP contribution >= 0.6 is 0 Å². The molecule has 0 aliphatic carbocycles. The molecule has 1 aliphatic rings. The second-order valence-corrected chi connectivity index (χ2v) is 4.60. The Kier molecular flexibility index (Phi) is 4.35. The zero-order valence-corrected chi connectivity index (χ0v) is 10.6. The molecule has 1 aliphatic heterocycles. The zero-order chi connectivity index (χ0) is 12.8. The Balaban J connectivity index is 2.01. The van der Waals surface area contributed by atoms with E-state index in [0.717, 1.165) is 19.4 Å². The zero-order valence-electron chi connectivity index (χ0n) is 10.6. The fourth-order valence-electron chi connectivity index (χ4n) is 2.37. The molecular weight excluding hydrogens is 222 g/mol. The Morgan fingerprint density at radius 3 is 2.83 bits per heavy atom. The highest BCUT2D eigenvalue weighted by molar-refractivity contribution is 5.78. The largest absolute Gasteiger partial charge is 0.335 e. The highest BCUT2D eigenvalue weighted by Crippen LogP contribution is 2.24. The minimum absolute atomic E-state index is 0.274. The Hall–Kier alpha value is -1.83. The van der Waals surface area contributed by atoms with Crippen LogP contribution in [-0.2, 0) is 11.3 Å². The van der Waals surface area contributed by atoms with E-state index in [4.69, 9.17) is 0 Å². The van der Waals surface area contributed by atoms with Crippen LogP contribution in [0.15, 0.2) is 55.1 Å². The number of nitrogens with zero attached hydrogens (tertiary/aromatic N) is 1. The molecule has 18 heavy (non-hydrogen) atoms. The predicted octanol–water partition coefficient (Wildman–Crippen LogP) is 3.31. The smallest absolute Gasteiger partial charge is 0.223 e. The van der Waals surface area contributed by atoms with Crippen molar-refractivity contribution < 1.29 is 4.79 Å². The minimum Gasteiger partial charge on any atom is -0.335 e. The van der Waals surface area contributed by atoms with Gasteiger partial charge < -0.3 is 4.90 Å². The van der Waals surface area contributed by atoms with Gasteiger partial charge in [0.25, 0.3) is 0 Å². The van der Waals surface area contributed by atoms with Crippen LogP contribution in [0.4, 0.5) is 0 Å². The van der Waals surface area contributed by atoms with Gasteiger partial charge in [0, 0.05) is 19.0 Å². The van der Waals surface area contributed by atoms with Gasteiger partial charge in [-0.05, 0) is 18.4 Å². The van der Waals surface area contributed by atoms with Crippen molar-refractivity contribution in [2.24, 2.45) is 0 Å². The molecule has 1 unspecified atom stereocenters. The van der Waals surface area contributed by atoms with Crippen molar-refractivity contribution in [3.63, 3.8) is 0 Å². The first kappa shape index (κ1) is 12.6. The molecule has 1 aromatic rings. The lowest BCUT2D eigenvalue weighted by Gasteiger charge is -2.24. The monoisotopic (exact) mass is 241 g/mol. The topological polar surface area (TPSA) is 20.3 Å². The van der Waals surface area contributed by atoms with Crippen LogP contribution in [0, 0.1) is 0 Å². The Labute approximate surface area is 109 Å². The SMILES string of the molecule is C=C/C=C/CC1CCC(=O)N1Cc1ccccc1. The molecule has 0 radical (unpaired) electrons. The maximum atomic E-state index is 11.9. The molecule has 0 spiro atoms. The van der Waals surface area contributed by atoms with Crippen LogP contribution in [0.2, 0.25) is 0 Å². The molecule has 0 N–H and O–H groups in total. The van der Waals surface area contributed by atoms with E-state index in [-0.39, 0.29) is 5.91 Å². The molecule has 1 amide bonds. The normalized spacial score (nSPS) is 19.7. The Morgan fingerprint density at radius 2 is 2.11 bits per heavy atom. The number of hydrogen-bond donors (Lipinski definition) is 0. The summed E-state index contributed by atoms with van der Waals surface area (Å²) < 4.78 is 0. The molecule has 1 atom stereocenters. The van der Waals surface area contributed by atoms with Gasteiger partial charge in [-0.25, -0.2) is 0 Å². The number of benzene rings is 1. The number of rotatable bonds is 5. The quantitative estimate of drug-likeness (QED) is 0.724. The summed E-state index contributed by atoms with van der Waals surface area (Å²) in [6.07, 6.45) is 8.38. The summed E-state index contributed by atoms with van der Waals surface area (Å²) in [7, 11) is 0. The molecular formula is C16H19NO.